The largest absolute Gasteiger partial charge is 0.459 e. The number of hydrogen-bond acceptors (Lipinski definition) is 5. The first-order chi connectivity index (χ1) is 14.7. The molecule has 5 rings (SSSR count). The van der Waals surface area contributed by atoms with Gasteiger partial charge < -0.3 is 19.0 Å². The van der Waals surface area contributed by atoms with Crippen LogP contribution in [0.25, 0.3) is 0 Å². The summed E-state index contributed by atoms with van der Waals surface area (Å²) in [6.45, 7) is 6.42. The lowest BCUT2D eigenvalue weighted by molar-refractivity contribution is 0.0713. The Kier molecular flexibility index (Phi) is 5.50. The van der Waals surface area contributed by atoms with E-state index in [0.717, 1.165) is 37.5 Å². The molecule has 0 atom stereocenters. The van der Waals surface area contributed by atoms with Gasteiger partial charge in [-0.25, -0.2) is 4.98 Å². The third-order valence-electron chi connectivity index (χ3n) is 6.94. The van der Waals surface area contributed by atoms with Crippen molar-refractivity contribution in [3.05, 3.63) is 46.5 Å². The zero-order chi connectivity index (χ0) is 20.5. The lowest BCUT2D eigenvalue weighted by Gasteiger charge is -2.36. The second-order valence-electron chi connectivity index (χ2n) is 8.85. The predicted octanol–water partition coefficient (Wildman–Crippen LogP) is 4.07. The Morgan fingerprint density at radius 1 is 1.13 bits per heavy atom. The van der Waals surface area contributed by atoms with Crippen molar-refractivity contribution < 1.29 is 13.9 Å². The van der Waals surface area contributed by atoms with E-state index in [1.807, 2.05) is 17.9 Å². The number of carbonyl (C=O) groups excluding carboxylic acids is 1. The molecule has 2 aromatic heterocycles. The van der Waals surface area contributed by atoms with Crippen LogP contribution in [0.15, 0.2) is 22.8 Å². The number of aromatic nitrogens is 1. The number of amides is 1. The van der Waals surface area contributed by atoms with Crippen molar-refractivity contribution in [1.29, 1.82) is 0 Å². The lowest BCUT2D eigenvalue weighted by atomic mass is 9.83. The number of piperazine rings is 1. The normalized spacial score (nSPS) is 20.3. The Labute approximate surface area is 178 Å². The van der Waals surface area contributed by atoms with Crippen LogP contribution in [0.3, 0.4) is 0 Å². The highest BCUT2D eigenvalue weighted by molar-refractivity contribution is 5.93. The molecule has 0 unspecified atom stereocenters. The maximum absolute atomic E-state index is 12.8. The van der Waals surface area contributed by atoms with Gasteiger partial charge in [-0.15, -0.1) is 0 Å². The molecule has 2 fully saturated rings. The van der Waals surface area contributed by atoms with E-state index in [4.69, 9.17) is 14.1 Å². The number of pyridine rings is 1. The van der Waals surface area contributed by atoms with Gasteiger partial charge >= 0.3 is 0 Å². The first kappa shape index (κ1) is 19.6. The van der Waals surface area contributed by atoms with Crippen molar-refractivity contribution in [2.45, 2.75) is 58.0 Å². The molecule has 1 aliphatic carbocycles. The molecule has 30 heavy (non-hydrogen) atoms. The number of hydrogen-bond donors (Lipinski definition) is 0. The number of aryl methyl sites for hydroxylation is 1. The molecule has 0 N–H and O–H groups in total. The Balaban J connectivity index is 1.35. The summed E-state index contributed by atoms with van der Waals surface area (Å²) in [7, 11) is 0. The van der Waals surface area contributed by atoms with Gasteiger partial charge in [-0.1, -0.05) is 19.3 Å². The van der Waals surface area contributed by atoms with Crippen LogP contribution in [-0.4, -0.2) is 48.6 Å². The first-order valence-electron chi connectivity index (χ1n) is 11.4. The molecule has 6 heteroatoms. The fraction of sp³-hybridized carbons (Fsp3) is 0.583. The van der Waals surface area contributed by atoms with Crippen molar-refractivity contribution in [3.63, 3.8) is 0 Å². The molecule has 1 saturated heterocycles. The summed E-state index contributed by atoms with van der Waals surface area (Å²) < 4.78 is 11.2. The monoisotopic (exact) mass is 409 g/mol. The van der Waals surface area contributed by atoms with Crippen molar-refractivity contribution in [2.75, 3.05) is 37.7 Å². The zero-order valence-electron chi connectivity index (χ0n) is 17.9. The molecule has 4 heterocycles. The van der Waals surface area contributed by atoms with Crippen molar-refractivity contribution in [2.24, 2.45) is 0 Å². The molecule has 2 aromatic rings. The van der Waals surface area contributed by atoms with Gasteiger partial charge in [-0.05, 0) is 43.9 Å². The Bertz CT molecular complexity index is 908. The van der Waals surface area contributed by atoms with E-state index in [2.05, 4.69) is 11.0 Å². The summed E-state index contributed by atoms with van der Waals surface area (Å²) in [6.07, 6.45) is 9.01. The van der Waals surface area contributed by atoms with Crippen LogP contribution >= 0.6 is 0 Å². The number of carbonyl (C=O) groups is 1. The highest BCUT2D eigenvalue weighted by atomic mass is 16.5. The maximum atomic E-state index is 12.8. The van der Waals surface area contributed by atoms with Crippen LogP contribution in [0.1, 0.15) is 71.0 Å². The molecule has 0 bridgehead atoms. The number of fused-ring (bicyclic) bond motifs is 1. The van der Waals surface area contributed by atoms with Crippen LogP contribution in [0.5, 0.6) is 0 Å². The van der Waals surface area contributed by atoms with E-state index in [0.29, 0.717) is 31.4 Å². The standard InChI is InChI=1S/C24H31N3O3/c1-17-7-14-30-23(17)24(28)27-11-9-26(10-12-27)21-15-19-8-13-29-16-20(19)22(25-21)18-5-3-2-4-6-18/h7,14-15,18H,2-6,8-13,16H2,1H3. The highest BCUT2D eigenvalue weighted by Crippen LogP contribution is 2.37. The van der Waals surface area contributed by atoms with E-state index >= 15 is 0 Å². The zero-order valence-corrected chi connectivity index (χ0v) is 17.9. The minimum Gasteiger partial charge on any atom is -0.459 e. The number of nitrogens with zero attached hydrogens (tertiary/aromatic N) is 3. The minimum absolute atomic E-state index is 0.00408. The molecule has 0 spiro atoms. The number of rotatable bonds is 3. The molecule has 0 radical (unpaired) electrons. The molecule has 1 amide bonds. The molecule has 3 aliphatic rings. The van der Waals surface area contributed by atoms with Gasteiger partial charge in [0.1, 0.15) is 5.82 Å². The molecule has 0 aromatic carbocycles. The first-order valence-corrected chi connectivity index (χ1v) is 11.4. The third-order valence-corrected chi connectivity index (χ3v) is 6.94. The number of furan rings is 1. The lowest BCUT2D eigenvalue weighted by Crippen LogP contribution is -2.49. The minimum atomic E-state index is -0.00408. The average molecular weight is 410 g/mol. The van der Waals surface area contributed by atoms with Crippen LogP contribution in [0, 0.1) is 6.92 Å². The van der Waals surface area contributed by atoms with Crippen molar-refractivity contribution >= 4 is 11.7 Å². The Morgan fingerprint density at radius 2 is 1.93 bits per heavy atom. The van der Waals surface area contributed by atoms with E-state index in [1.54, 1.807) is 6.26 Å². The van der Waals surface area contributed by atoms with Crippen LogP contribution in [0.2, 0.25) is 0 Å². The van der Waals surface area contributed by atoms with Crippen LogP contribution in [-0.2, 0) is 17.8 Å². The van der Waals surface area contributed by atoms with Crippen molar-refractivity contribution in [3.8, 4) is 0 Å². The van der Waals surface area contributed by atoms with Gasteiger partial charge in [-0.2, -0.15) is 0 Å². The average Bonchev–Trinajstić information content (AvgIpc) is 3.24. The summed E-state index contributed by atoms with van der Waals surface area (Å²) in [5.41, 5.74) is 4.94. The fourth-order valence-corrected chi connectivity index (χ4v) is 5.13. The summed E-state index contributed by atoms with van der Waals surface area (Å²) in [4.78, 5) is 22.2. The summed E-state index contributed by atoms with van der Waals surface area (Å²) >= 11 is 0. The van der Waals surface area contributed by atoms with E-state index < -0.39 is 0 Å². The fourth-order valence-electron chi connectivity index (χ4n) is 5.13. The SMILES string of the molecule is Cc1ccoc1C(=O)N1CCN(c2cc3c(c(C4CCCCC4)n2)COCC3)CC1. The van der Waals surface area contributed by atoms with Gasteiger partial charge in [0.15, 0.2) is 5.76 Å². The molecule has 2 aliphatic heterocycles. The Hall–Kier alpha value is -2.34. The summed E-state index contributed by atoms with van der Waals surface area (Å²) in [5.74, 6) is 2.11. The molecule has 1 saturated carbocycles. The van der Waals surface area contributed by atoms with Crippen LogP contribution in [0.4, 0.5) is 5.82 Å². The Morgan fingerprint density at radius 3 is 2.67 bits per heavy atom. The predicted molar refractivity (Wildman–Crippen MR) is 115 cm³/mol. The number of anilines is 1. The number of ether oxygens (including phenoxy) is 1. The maximum Gasteiger partial charge on any atom is 0.289 e. The second kappa shape index (κ2) is 8.42. The van der Waals surface area contributed by atoms with Crippen LogP contribution < -0.4 is 4.90 Å². The van der Waals surface area contributed by atoms with Gasteiger partial charge in [-0.3, -0.25) is 4.79 Å². The van der Waals surface area contributed by atoms with E-state index in [1.165, 1.54) is 48.9 Å². The van der Waals surface area contributed by atoms with Gasteiger partial charge in [0, 0.05) is 43.2 Å². The molecule has 6 nitrogen and oxygen atoms in total. The third kappa shape index (κ3) is 3.73. The quantitative estimate of drug-likeness (QED) is 0.765. The molecular weight excluding hydrogens is 378 g/mol. The van der Waals surface area contributed by atoms with E-state index in [9.17, 15) is 4.79 Å². The van der Waals surface area contributed by atoms with E-state index in [-0.39, 0.29) is 5.91 Å². The summed E-state index contributed by atoms with van der Waals surface area (Å²) in [5, 5.41) is 0. The van der Waals surface area contributed by atoms with Crippen molar-refractivity contribution in [1.82, 2.24) is 9.88 Å². The van der Waals surface area contributed by atoms with Gasteiger partial charge in [0.25, 0.3) is 5.91 Å². The summed E-state index contributed by atoms with van der Waals surface area (Å²) in [6, 6.07) is 4.12. The smallest absolute Gasteiger partial charge is 0.289 e. The molecular formula is C24H31N3O3. The molecule has 160 valence electrons. The highest BCUT2D eigenvalue weighted by Gasteiger charge is 2.29. The second-order valence-corrected chi connectivity index (χ2v) is 8.85. The van der Waals surface area contributed by atoms with Gasteiger partial charge in [0.05, 0.1) is 25.2 Å². The van der Waals surface area contributed by atoms with Gasteiger partial charge in [0.2, 0.25) is 0 Å². The topological polar surface area (TPSA) is 58.8 Å².